The van der Waals surface area contributed by atoms with Gasteiger partial charge < -0.3 is 10.6 Å². The molecule has 1 saturated carbocycles. The molecule has 10 heteroatoms. The molecule has 0 bridgehead atoms. The Hall–Kier alpha value is -3.95. The van der Waals surface area contributed by atoms with E-state index in [0.29, 0.717) is 5.69 Å². The van der Waals surface area contributed by atoms with Crippen LogP contribution >= 0.6 is 0 Å². The van der Waals surface area contributed by atoms with Crippen molar-refractivity contribution in [1.82, 2.24) is 15.1 Å². The van der Waals surface area contributed by atoms with E-state index in [-0.39, 0.29) is 23.2 Å². The van der Waals surface area contributed by atoms with E-state index in [1.165, 1.54) is 19.1 Å². The fourth-order valence-electron chi connectivity index (χ4n) is 3.57. The number of aryl methyl sites for hydroxylation is 1. The van der Waals surface area contributed by atoms with Gasteiger partial charge in [-0.15, -0.1) is 0 Å². The molecule has 1 atom stereocenters. The molecule has 1 heterocycles. The number of carbonyl (C=O) groups is 2. The van der Waals surface area contributed by atoms with E-state index in [4.69, 9.17) is 0 Å². The third kappa shape index (κ3) is 5.59. The van der Waals surface area contributed by atoms with Gasteiger partial charge in [-0.3, -0.25) is 14.4 Å². The molecule has 182 valence electrons. The Morgan fingerprint density at radius 3 is 2.40 bits per heavy atom. The molecule has 2 N–H and O–H groups in total. The molecule has 1 unspecified atom stereocenters. The Labute approximate surface area is 199 Å². The lowest BCUT2D eigenvalue weighted by Gasteiger charge is -2.16. The molecule has 1 fully saturated rings. The summed E-state index contributed by atoms with van der Waals surface area (Å²) in [6, 6.07) is 12.1. The molecule has 1 aromatic heterocycles. The zero-order valence-electron chi connectivity index (χ0n) is 19.0. The molecule has 0 aliphatic heterocycles. The summed E-state index contributed by atoms with van der Waals surface area (Å²) in [7, 11) is 0. The van der Waals surface area contributed by atoms with Gasteiger partial charge in [-0.25, -0.2) is 4.68 Å². The number of nitrogens with zero attached hydrogens (tertiary/aromatic N) is 2. The fourth-order valence-corrected chi connectivity index (χ4v) is 3.57. The lowest BCUT2D eigenvalue weighted by atomic mass is 10.1. The van der Waals surface area contributed by atoms with Crippen LogP contribution in [0, 0.1) is 12.8 Å². The van der Waals surface area contributed by atoms with E-state index < -0.39 is 34.8 Å². The number of halogens is 3. The van der Waals surface area contributed by atoms with Crippen LogP contribution in [0.4, 0.5) is 18.9 Å². The molecular formula is C25H23F3N4O3. The maximum absolute atomic E-state index is 13.1. The summed E-state index contributed by atoms with van der Waals surface area (Å²) in [6.07, 6.45) is -2.75. The molecule has 0 radical (unpaired) electrons. The Morgan fingerprint density at radius 1 is 1.09 bits per heavy atom. The monoisotopic (exact) mass is 484 g/mol. The third-order valence-electron chi connectivity index (χ3n) is 5.71. The lowest BCUT2D eigenvalue weighted by molar-refractivity contribution is -0.137. The Morgan fingerprint density at radius 2 is 1.77 bits per heavy atom. The SMILES string of the molecule is Cc1cc(=O)c(C(=O)NC(C)c2ccc(NC(=O)C3CC3)cc2)nn1-c1cccc(C(F)(F)F)c1. The fraction of sp³-hybridized carbons (Fsp3) is 0.280. The van der Waals surface area contributed by atoms with Crippen molar-refractivity contribution in [3.63, 3.8) is 0 Å². The van der Waals surface area contributed by atoms with Crippen LogP contribution < -0.4 is 16.1 Å². The maximum atomic E-state index is 13.1. The van der Waals surface area contributed by atoms with Gasteiger partial charge in [-0.2, -0.15) is 18.3 Å². The number of hydrogen-bond donors (Lipinski definition) is 2. The van der Waals surface area contributed by atoms with Crippen molar-refractivity contribution in [3.05, 3.63) is 87.3 Å². The van der Waals surface area contributed by atoms with Gasteiger partial charge in [0.05, 0.1) is 17.3 Å². The first-order valence-corrected chi connectivity index (χ1v) is 11.0. The van der Waals surface area contributed by atoms with Crippen LogP contribution in [0.2, 0.25) is 0 Å². The quantitative estimate of drug-likeness (QED) is 0.543. The van der Waals surface area contributed by atoms with Crippen LogP contribution in [-0.2, 0) is 11.0 Å². The van der Waals surface area contributed by atoms with Crippen LogP contribution in [0.15, 0.2) is 59.4 Å². The highest BCUT2D eigenvalue weighted by molar-refractivity contribution is 5.94. The first-order valence-electron chi connectivity index (χ1n) is 11.0. The van der Waals surface area contributed by atoms with E-state index in [0.717, 1.165) is 41.3 Å². The number of rotatable bonds is 6. The molecule has 1 aliphatic carbocycles. The van der Waals surface area contributed by atoms with Crippen molar-refractivity contribution in [3.8, 4) is 5.69 Å². The number of hydrogen-bond acceptors (Lipinski definition) is 4. The van der Waals surface area contributed by atoms with E-state index in [9.17, 15) is 27.6 Å². The molecule has 3 aromatic rings. The summed E-state index contributed by atoms with van der Waals surface area (Å²) < 4.78 is 40.5. The first kappa shape index (κ1) is 24.2. The summed E-state index contributed by atoms with van der Waals surface area (Å²) in [5.41, 5.74) is -0.222. The molecule has 35 heavy (non-hydrogen) atoms. The standard InChI is InChI=1S/C25H23F3N4O3/c1-14-12-21(33)22(31-32(14)20-5-3-4-18(13-20)25(26,27)28)24(35)29-15(2)16-8-10-19(11-9-16)30-23(34)17-6-7-17/h3-5,8-13,15,17H,6-7H2,1-2H3,(H,29,35)(H,30,34). The summed E-state index contributed by atoms with van der Waals surface area (Å²) in [4.78, 5) is 37.2. The summed E-state index contributed by atoms with van der Waals surface area (Å²) in [6.45, 7) is 3.23. The second kappa shape index (κ2) is 9.36. The number of amides is 2. The molecule has 0 spiro atoms. The van der Waals surface area contributed by atoms with E-state index in [2.05, 4.69) is 15.7 Å². The van der Waals surface area contributed by atoms with Gasteiger partial charge >= 0.3 is 6.18 Å². The van der Waals surface area contributed by atoms with Crippen molar-refractivity contribution in [2.45, 2.75) is 38.9 Å². The second-order valence-electron chi connectivity index (χ2n) is 8.54. The zero-order chi connectivity index (χ0) is 25.3. The van der Waals surface area contributed by atoms with Gasteiger partial charge in [0.1, 0.15) is 0 Å². The molecule has 0 saturated heterocycles. The van der Waals surface area contributed by atoms with Gasteiger partial charge in [0.25, 0.3) is 5.91 Å². The van der Waals surface area contributed by atoms with Crippen LogP contribution in [0.5, 0.6) is 0 Å². The first-order chi connectivity index (χ1) is 16.5. The topological polar surface area (TPSA) is 93.1 Å². The number of benzene rings is 2. The highest BCUT2D eigenvalue weighted by Gasteiger charge is 2.31. The van der Waals surface area contributed by atoms with Crippen molar-refractivity contribution >= 4 is 17.5 Å². The Kier molecular flexibility index (Phi) is 6.47. The van der Waals surface area contributed by atoms with Crippen molar-refractivity contribution in [1.29, 1.82) is 0 Å². The molecule has 4 rings (SSSR count). The minimum absolute atomic E-state index is 0.0124. The van der Waals surface area contributed by atoms with Gasteiger partial charge in [0.2, 0.25) is 11.3 Å². The molecule has 2 amide bonds. The van der Waals surface area contributed by atoms with Gasteiger partial charge in [-0.1, -0.05) is 18.2 Å². The highest BCUT2D eigenvalue weighted by atomic mass is 19.4. The van der Waals surface area contributed by atoms with Gasteiger partial charge in [0, 0.05) is 23.4 Å². The van der Waals surface area contributed by atoms with Gasteiger partial charge in [-0.05, 0) is 62.6 Å². The van der Waals surface area contributed by atoms with Crippen LogP contribution in [0.25, 0.3) is 5.69 Å². The van der Waals surface area contributed by atoms with Crippen LogP contribution in [0.1, 0.15) is 53.1 Å². The lowest BCUT2D eigenvalue weighted by Crippen LogP contribution is -2.33. The predicted molar refractivity (Wildman–Crippen MR) is 123 cm³/mol. The second-order valence-corrected chi connectivity index (χ2v) is 8.54. The van der Waals surface area contributed by atoms with Crippen molar-refractivity contribution in [2.75, 3.05) is 5.32 Å². The predicted octanol–water partition coefficient (Wildman–Crippen LogP) is 4.40. The largest absolute Gasteiger partial charge is 0.416 e. The number of alkyl halides is 3. The summed E-state index contributed by atoms with van der Waals surface area (Å²) >= 11 is 0. The van der Waals surface area contributed by atoms with E-state index in [1.807, 2.05) is 0 Å². The van der Waals surface area contributed by atoms with Gasteiger partial charge in [0.15, 0.2) is 5.69 Å². The average Bonchev–Trinajstić information content (AvgIpc) is 3.65. The maximum Gasteiger partial charge on any atom is 0.416 e. The minimum atomic E-state index is -4.55. The Bertz CT molecular complexity index is 1330. The Balaban J connectivity index is 1.52. The molecule has 7 nitrogen and oxygen atoms in total. The third-order valence-corrected chi connectivity index (χ3v) is 5.71. The highest BCUT2D eigenvalue weighted by Crippen LogP contribution is 2.31. The average molecular weight is 484 g/mol. The number of aromatic nitrogens is 2. The summed E-state index contributed by atoms with van der Waals surface area (Å²) in [5.74, 6) is -0.689. The molecular weight excluding hydrogens is 461 g/mol. The van der Waals surface area contributed by atoms with E-state index >= 15 is 0 Å². The van der Waals surface area contributed by atoms with E-state index in [1.54, 1.807) is 31.2 Å². The van der Waals surface area contributed by atoms with Crippen LogP contribution in [0.3, 0.4) is 0 Å². The minimum Gasteiger partial charge on any atom is -0.344 e. The summed E-state index contributed by atoms with van der Waals surface area (Å²) in [5, 5.41) is 9.59. The number of nitrogens with one attached hydrogen (secondary N) is 2. The van der Waals surface area contributed by atoms with Crippen molar-refractivity contribution in [2.24, 2.45) is 5.92 Å². The smallest absolute Gasteiger partial charge is 0.344 e. The van der Waals surface area contributed by atoms with Crippen molar-refractivity contribution < 1.29 is 22.8 Å². The zero-order valence-corrected chi connectivity index (χ0v) is 19.0. The molecule has 2 aromatic carbocycles. The number of carbonyl (C=O) groups excluding carboxylic acids is 2. The normalized spacial score (nSPS) is 14.3. The number of anilines is 1. The molecule has 1 aliphatic rings. The van der Waals surface area contributed by atoms with Crippen LogP contribution in [-0.4, -0.2) is 21.6 Å².